The number of nitrogens with one attached hydrogen (secondary N) is 1. The predicted octanol–water partition coefficient (Wildman–Crippen LogP) is 4.54. The number of β-amino-alcohol motifs (C(OH)–C–C–N with tert-alkyl or cyclic N) is 1. The van der Waals surface area contributed by atoms with Gasteiger partial charge in [-0.1, -0.05) is 30.3 Å². The van der Waals surface area contributed by atoms with Gasteiger partial charge in [0.15, 0.2) is 0 Å². The first-order valence-electron chi connectivity index (χ1n) is 14.1. The van der Waals surface area contributed by atoms with Crippen LogP contribution >= 0.6 is 0 Å². The maximum absolute atomic E-state index is 11.6. The molecule has 38 heavy (non-hydrogen) atoms. The van der Waals surface area contributed by atoms with Gasteiger partial charge < -0.3 is 20.3 Å². The van der Waals surface area contributed by atoms with E-state index in [0.29, 0.717) is 53.4 Å². The molecule has 2 bridgehead atoms. The van der Waals surface area contributed by atoms with Crippen LogP contribution in [0.15, 0.2) is 42.5 Å². The smallest absolute Gasteiger partial charge is 0.307 e. The number of hydrogen-bond donors (Lipinski definition) is 3. The van der Waals surface area contributed by atoms with Gasteiger partial charge in [-0.15, -0.1) is 0 Å². The number of aliphatic carboxylic acids is 1. The minimum Gasteiger partial charge on any atom is -0.489 e. The van der Waals surface area contributed by atoms with E-state index in [2.05, 4.69) is 49.5 Å². The van der Waals surface area contributed by atoms with Gasteiger partial charge >= 0.3 is 5.97 Å². The molecular formula is C32H38N2O4. The topological polar surface area (TPSA) is 103 Å². The molecule has 0 aromatic heterocycles. The number of carboxylic acids is 1. The number of ether oxygens (including phenoxy) is 1. The van der Waals surface area contributed by atoms with E-state index >= 15 is 0 Å². The molecule has 6 unspecified atom stereocenters. The molecule has 7 atom stereocenters. The molecule has 6 nitrogen and oxygen atoms in total. The molecule has 0 spiro atoms. The highest BCUT2D eigenvalue weighted by Crippen LogP contribution is 2.72. The number of carbonyl (C=O) groups is 1. The number of fused-ring (bicyclic) bond motifs is 6. The Morgan fingerprint density at radius 2 is 1.89 bits per heavy atom. The number of benzene rings is 2. The van der Waals surface area contributed by atoms with Crippen molar-refractivity contribution in [3.05, 3.63) is 64.7 Å². The Balaban J connectivity index is 1.02. The SMILES string of the molecule is CC(C)(CC1Cc2ccccc2C1)NC[C@@H](O)COc1cc(C2CC3CC2C2C(C(=O)O)C32)ccc1C#N. The molecule has 6 heteroatoms. The van der Waals surface area contributed by atoms with Gasteiger partial charge in [-0.05, 0) is 110 Å². The zero-order chi connectivity index (χ0) is 26.6. The van der Waals surface area contributed by atoms with Gasteiger partial charge in [0.25, 0.3) is 0 Å². The summed E-state index contributed by atoms with van der Waals surface area (Å²) < 4.78 is 6.00. The number of aliphatic hydroxyl groups excluding tert-OH is 1. The van der Waals surface area contributed by atoms with E-state index in [1.165, 1.54) is 11.1 Å². The minimum absolute atomic E-state index is 0.109. The summed E-state index contributed by atoms with van der Waals surface area (Å²) in [7, 11) is 0. The third-order valence-corrected chi connectivity index (χ3v) is 9.84. The van der Waals surface area contributed by atoms with Gasteiger partial charge in [0, 0.05) is 12.1 Å². The fraction of sp³-hybridized carbons (Fsp3) is 0.562. The Kier molecular flexibility index (Phi) is 6.48. The molecule has 6 rings (SSSR count). The summed E-state index contributed by atoms with van der Waals surface area (Å²) in [6.45, 7) is 4.91. The maximum atomic E-state index is 11.6. The van der Waals surface area contributed by atoms with Gasteiger partial charge in [0.05, 0.1) is 11.5 Å². The first kappa shape index (κ1) is 25.4. The lowest BCUT2D eigenvalue weighted by molar-refractivity contribution is -0.139. The highest BCUT2D eigenvalue weighted by atomic mass is 16.5. The van der Waals surface area contributed by atoms with E-state index in [1.54, 1.807) is 0 Å². The quantitative estimate of drug-likeness (QED) is 0.430. The average Bonchev–Trinajstić information content (AvgIpc) is 3.14. The molecule has 2 aromatic carbocycles. The Bertz CT molecular complexity index is 1240. The molecule has 3 fully saturated rings. The first-order chi connectivity index (χ1) is 18.2. The predicted molar refractivity (Wildman–Crippen MR) is 144 cm³/mol. The van der Waals surface area contributed by atoms with Crippen LogP contribution in [0.4, 0.5) is 0 Å². The van der Waals surface area contributed by atoms with Crippen molar-refractivity contribution in [2.45, 2.75) is 63.5 Å². The lowest BCUT2D eigenvalue weighted by Crippen LogP contribution is -2.46. The monoisotopic (exact) mass is 514 g/mol. The summed E-state index contributed by atoms with van der Waals surface area (Å²) in [5, 5.41) is 33.4. The Morgan fingerprint density at radius 3 is 2.58 bits per heavy atom. The van der Waals surface area contributed by atoms with E-state index in [1.807, 2.05) is 18.2 Å². The van der Waals surface area contributed by atoms with Crippen LogP contribution < -0.4 is 10.1 Å². The minimum atomic E-state index is -0.698. The first-order valence-corrected chi connectivity index (χ1v) is 14.1. The summed E-state index contributed by atoms with van der Waals surface area (Å²) in [6.07, 6.45) is 4.70. The van der Waals surface area contributed by atoms with Crippen molar-refractivity contribution in [2.75, 3.05) is 13.2 Å². The largest absolute Gasteiger partial charge is 0.489 e. The molecule has 200 valence electrons. The standard InChI is InChI=1S/C32H38N2O4/c1-32(2,14-18-9-19-5-3-4-6-20(19)10-18)34-16-24(35)17-38-27-13-21(7-8-22(27)15-33)25-11-23-12-26(25)29-28(23)30(29)31(36)37/h3-8,13,18,23-26,28-30,34-35H,9-12,14,16-17H2,1-2H3,(H,36,37)/t23?,24-,25?,26?,28?,29?,30?/m1/s1. The van der Waals surface area contributed by atoms with Crippen molar-refractivity contribution in [3.8, 4) is 11.8 Å². The van der Waals surface area contributed by atoms with Gasteiger partial charge in [-0.25, -0.2) is 0 Å². The van der Waals surface area contributed by atoms with Crippen molar-refractivity contribution < 1.29 is 19.7 Å². The van der Waals surface area contributed by atoms with Crippen LogP contribution in [0.1, 0.15) is 61.3 Å². The van der Waals surface area contributed by atoms with Crippen LogP contribution in [0, 0.1) is 46.8 Å². The fourth-order valence-corrected chi connectivity index (χ4v) is 8.29. The lowest BCUT2D eigenvalue weighted by atomic mass is 9.83. The second kappa shape index (κ2) is 9.70. The van der Waals surface area contributed by atoms with Crippen LogP contribution in [-0.4, -0.2) is 41.0 Å². The molecule has 4 aliphatic rings. The molecule has 0 saturated heterocycles. The van der Waals surface area contributed by atoms with Crippen molar-refractivity contribution in [1.29, 1.82) is 5.26 Å². The molecule has 3 saturated carbocycles. The van der Waals surface area contributed by atoms with Gasteiger partial charge in [-0.3, -0.25) is 4.79 Å². The van der Waals surface area contributed by atoms with Crippen molar-refractivity contribution in [3.63, 3.8) is 0 Å². The number of nitrogens with zero attached hydrogens (tertiary/aromatic N) is 1. The summed E-state index contributed by atoms with van der Waals surface area (Å²) >= 11 is 0. The second-order valence-corrected chi connectivity index (χ2v) is 12.9. The van der Waals surface area contributed by atoms with Crippen molar-refractivity contribution in [1.82, 2.24) is 5.32 Å². The number of nitriles is 1. The van der Waals surface area contributed by atoms with E-state index in [0.717, 1.165) is 37.7 Å². The van der Waals surface area contributed by atoms with Crippen LogP contribution in [0.2, 0.25) is 0 Å². The van der Waals surface area contributed by atoms with Crippen LogP contribution in [-0.2, 0) is 17.6 Å². The van der Waals surface area contributed by atoms with Crippen molar-refractivity contribution >= 4 is 5.97 Å². The van der Waals surface area contributed by atoms with E-state index in [9.17, 15) is 20.3 Å². The summed E-state index contributed by atoms with van der Waals surface area (Å²) in [5.41, 5.74) is 4.41. The molecule has 4 aliphatic carbocycles. The molecular weight excluding hydrogens is 476 g/mol. The number of rotatable bonds is 10. The molecule has 0 amide bonds. The fourth-order valence-electron chi connectivity index (χ4n) is 8.29. The highest BCUT2D eigenvalue weighted by Gasteiger charge is 2.70. The van der Waals surface area contributed by atoms with E-state index in [-0.39, 0.29) is 18.1 Å². The van der Waals surface area contributed by atoms with E-state index < -0.39 is 12.1 Å². The summed E-state index contributed by atoms with van der Waals surface area (Å²) in [5.74, 6) is 2.25. The average molecular weight is 515 g/mol. The Morgan fingerprint density at radius 1 is 1.16 bits per heavy atom. The highest BCUT2D eigenvalue weighted by molar-refractivity contribution is 5.75. The zero-order valence-corrected chi connectivity index (χ0v) is 22.3. The third-order valence-electron chi connectivity index (χ3n) is 9.84. The molecule has 2 aromatic rings. The van der Waals surface area contributed by atoms with E-state index in [4.69, 9.17) is 4.74 Å². The third kappa shape index (κ3) is 4.72. The maximum Gasteiger partial charge on any atom is 0.307 e. The van der Waals surface area contributed by atoms with Crippen LogP contribution in [0.5, 0.6) is 5.75 Å². The Labute approximate surface area is 225 Å². The lowest BCUT2D eigenvalue weighted by Gasteiger charge is -2.30. The van der Waals surface area contributed by atoms with Crippen LogP contribution in [0.25, 0.3) is 0 Å². The van der Waals surface area contributed by atoms with Crippen molar-refractivity contribution in [2.24, 2.45) is 35.5 Å². The Hall–Kier alpha value is -2.88. The van der Waals surface area contributed by atoms with Crippen LogP contribution in [0.3, 0.4) is 0 Å². The summed E-state index contributed by atoms with van der Waals surface area (Å²) in [4.78, 5) is 11.6. The number of aliphatic hydroxyl groups is 1. The zero-order valence-electron chi connectivity index (χ0n) is 22.3. The molecule has 0 radical (unpaired) electrons. The summed E-state index contributed by atoms with van der Waals surface area (Å²) in [6, 6.07) is 16.7. The molecule has 0 heterocycles. The van der Waals surface area contributed by atoms with Gasteiger partial charge in [0.1, 0.15) is 24.5 Å². The molecule has 3 N–H and O–H groups in total. The van der Waals surface area contributed by atoms with Gasteiger partial charge in [-0.2, -0.15) is 5.26 Å². The number of hydrogen-bond acceptors (Lipinski definition) is 5. The molecule has 0 aliphatic heterocycles. The van der Waals surface area contributed by atoms with Gasteiger partial charge in [0.2, 0.25) is 0 Å². The second-order valence-electron chi connectivity index (χ2n) is 12.9. The number of carboxylic acid groups (broad SMARTS) is 1. The normalized spacial score (nSPS) is 29.9.